The molecule has 7 heteroatoms. The molecule has 0 spiro atoms. The van der Waals surface area contributed by atoms with Gasteiger partial charge in [0.2, 0.25) is 0 Å². The summed E-state index contributed by atoms with van der Waals surface area (Å²) in [5.74, 6) is 1.19. The van der Waals surface area contributed by atoms with E-state index in [4.69, 9.17) is 0 Å². The van der Waals surface area contributed by atoms with Crippen LogP contribution in [0.1, 0.15) is 16.1 Å². The van der Waals surface area contributed by atoms with E-state index in [9.17, 15) is 4.79 Å². The van der Waals surface area contributed by atoms with Crippen molar-refractivity contribution in [2.75, 3.05) is 18.4 Å². The van der Waals surface area contributed by atoms with Crippen LogP contribution >= 0.6 is 11.3 Å². The lowest BCUT2D eigenvalue weighted by atomic mass is 10.1. The van der Waals surface area contributed by atoms with Gasteiger partial charge in [0, 0.05) is 43.3 Å². The summed E-state index contributed by atoms with van der Waals surface area (Å²) in [6.45, 7) is 2.81. The molecule has 3 aromatic rings. The van der Waals surface area contributed by atoms with Crippen molar-refractivity contribution in [3.63, 3.8) is 0 Å². The van der Waals surface area contributed by atoms with E-state index < -0.39 is 0 Å². The van der Waals surface area contributed by atoms with Crippen molar-refractivity contribution in [3.8, 4) is 0 Å². The summed E-state index contributed by atoms with van der Waals surface area (Å²) in [4.78, 5) is 19.1. The third-order valence-electron chi connectivity index (χ3n) is 4.36. The zero-order valence-corrected chi connectivity index (χ0v) is 14.5. The first-order valence-electron chi connectivity index (χ1n) is 8.26. The number of pyridine rings is 1. The highest BCUT2D eigenvalue weighted by Crippen LogP contribution is 2.19. The van der Waals surface area contributed by atoms with Crippen molar-refractivity contribution in [3.05, 3.63) is 64.7 Å². The molecule has 1 unspecified atom stereocenters. The molecule has 0 saturated heterocycles. The average Bonchev–Trinajstić information content (AvgIpc) is 3.29. The maximum Gasteiger partial charge on any atom is 0.255 e. The fraction of sp³-hybridized carbons (Fsp3) is 0.278. The molecular weight excluding hydrogens is 334 g/mol. The minimum absolute atomic E-state index is 0.0822. The first-order valence-corrected chi connectivity index (χ1v) is 9.21. The largest absolute Gasteiger partial charge is 0.370 e. The van der Waals surface area contributed by atoms with E-state index in [1.54, 1.807) is 23.7 Å². The second-order valence-electron chi connectivity index (χ2n) is 6.16. The summed E-state index contributed by atoms with van der Waals surface area (Å²) in [5.41, 5.74) is 1.83. The quantitative estimate of drug-likeness (QED) is 0.783. The highest BCUT2D eigenvalue weighted by atomic mass is 32.1. The molecule has 0 aromatic carbocycles. The van der Waals surface area contributed by atoms with Gasteiger partial charge in [-0.15, -0.1) is 0 Å². The Kier molecular flexibility index (Phi) is 4.47. The van der Waals surface area contributed by atoms with Crippen LogP contribution in [0.5, 0.6) is 0 Å². The molecule has 25 heavy (non-hydrogen) atoms. The van der Waals surface area contributed by atoms with Gasteiger partial charge in [0.25, 0.3) is 5.91 Å². The molecule has 1 amide bonds. The summed E-state index contributed by atoms with van der Waals surface area (Å²) in [6, 6.07) is 9.68. The van der Waals surface area contributed by atoms with Crippen molar-refractivity contribution >= 4 is 23.1 Å². The maximum absolute atomic E-state index is 12.8. The van der Waals surface area contributed by atoms with E-state index in [2.05, 4.69) is 15.4 Å². The van der Waals surface area contributed by atoms with Crippen LogP contribution in [0.2, 0.25) is 0 Å². The molecule has 4 heterocycles. The molecule has 6 nitrogen and oxygen atoms in total. The number of carbonyl (C=O) groups is 1. The van der Waals surface area contributed by atoms with E-state index in [1.807, 2.05) is 50.7 Å². The molecule has 3 aromatic heterocycles. The second kappa shape index (κ2) is 7.06. The first kappa shape index (κ1) is 15.8. The SMILES string of the molecule is O=C(c1ccsc1)N1Cc2ccnn2CC(CNc2ccccn2)C1. The molecule has 0 saturated carbocycles. The molecule has 128 valence electrons. The lowest BCUT2D eigenvalue weighted by Gasteiger charge is -2.24. The lowest BCUT2D eigenvalue weighted by Crippen LogP contribution is -2.36. The van der Waals surface area contributed by atoms with Gasteiger partial charge in [0.15, 0.2) is 0 Å². The van der Waals surface area contributed by atoms with Crippen molar-refractivity contribution in [1.82, 2.24) is 19.7 Å². The van der Waals surface area contributed by atoms with Crippen LogP contribution in [0.25, 0.3) is 0 Å². The van der Waals surface area contributed by atoms with Gasteiger partial charge in [-0.05, 0) is 29.6 Å². The van der Waals surface area contributed by atoms with Crippen LogP contribution in [0.15, 0.2) is 53.5 Å². The zero-order chi connectivity index (χ0) is 17.1. The van der Waals surface area contributed by atoms with E-state index >= 15 is 0 Å². The van der Waals surface area contributed by atoms with Crippen LogP contribution in [0, 0.1) is 5.92 Å². The number of nitrogens with zero attached hydrogens (tertiary/aromatic N) is 4. The zero-order valence-electron chi connectivity index (χ0n) is 13.7. The van der Waals surface area contributed by atoms with E-state index in [0.717, 1.165) is 30.2 Å². The lowest BCUT2D eigenvalue weighted by molar-refractivity contribution is 0.0725. The van der Waals surface area contributed by atoms with Gasteiger partial charge < -0.3 is 10.2 Å². The van der Waals surface area contributed by atoms with Gasteiger partial charge in [-0.3, -0.25) is 9.48 Å². The monoisotopic (exact) mass is 353 g/mol. The average molecular weight is 353 g/mol. The second-order valence-corrected chi connectivity index (χ2v) is 6.94. The number of aromatic nitrogens is 3. The third kappa shape index (κ3) is 3.56. The number of nitrogens with one attached hydrogen (secondary N) is 1. The summed E-state index contributed by atoms with van der Waals surface area (Å²) >= 11 is 1.55. The minimum Gasteiger partial charge on any atom is -0.370 e. The van der Waals surface area contributed by atoms with Gasteiger partial charge >= 0.3 is 0 Å². The minimum atomic E-state index is 0.0822. The van der Waals surface area contributed by atoms with Gasteiger partial charge in [-0.1, -0.05) is 6.07 Å². The smallest absolute Gasteiger partial charge is 0.255 e. The Hall–Kier alpha value is -2.67. The van der Waals surface area contributed by atoms with Gasteiger partial charge in [-0.25, -0.2) is 4.98 Å². The van der Waals surface area contributed by atoms with Crippen molar-refractivity contribution in [1.29, 1.82) is 0 Å². The number of hydrogen-bond acceptors (Lipinski definition) is 5. The Bertz CT molecular complexity index is 830. The van der Waals surface area contributed by atoms with Crippen LogP contribution in [0.4, 0.5) is 5.82 Å². The molecule has 1 aliphatic heterocycles. The Morgan fingerprint density at radius 1 is 1.24 bits per heavy atom. The Morgan fingerprint density at radius 2 is 2.20 bits per heavy atom. The van der Waals surface area contributed by atoms with Crippen molar-refractivity contribution < 1.29 is 4.79 Å². The fourth-order valence-electron chi connectivity index (χ4n) is 3.10. The molecule has 1 atom stereocenters. The summed E-state index contributed by atoms with van der Waals surface area (Å²) in [7, 11) is 0. The number of carbonyl (C=O) groups excluding carboxylic acids is 1. The van der Waals surface area contributed by atoms with Crippen LogP contribution in [-0.2, 0) is 13.1 Å². The summed E-state index contributed by atoms with van der Waals surface area (Å²) < 4.78 is 2.01. The Labute approximate surface area is 150 Å². The van der Waals surface area contributed by atoms with Gasteiger partial charge in [0.05, 0.1) is 17.8 Å². The third-order valence-corrected chi connectivity index (χ3v) is 5.04. The molecular formula is C18H19N5OS. The number of anilines is 1. The maximum atomic E-state index is 12.8. The normalized spacial score (nSPS) is 17.0. The Balaban J connectivity index is 1.52. The predicted molar refractivity (Wildman–Crippen MR) is 97.5 cm³/mol. The highest BCUT2D eigenvalue weighted by molar-refractivity contribution is 7.08. The van der Waals surface area contributed by atoms with Crippen molar-refractivity contribution in [2.45, 2.75) is 13.1 Å². The number of hydrogen-bond donors (Lipinski definition) is 1. The molecule has 0 bridgehead atoms. The number of thiophene rings is 1. The molecule has 4 rings (SSSR count). The number of fused-ring (bicyclic) bond motifs is 1. The Morgan fingerprint density at radius 3 is 3.00 bits per heavy atom. The number of amides is 1. The molecule has 1 aliphatic rings. The summed E-state index contributed by atoms with van der Waals surface area (Å²) in [5, 5.41) is 11.6. The molecule has 0 aliphatic carbocycles. The fourth-order valence-corrected chi connectivity index (χ4v) is 3.73. The highest BCUT2D eigenvalue weighted by Gasteiger charge is 2.26. The van der Waals surface area contributed by atoms with Gasteiger partial charge in [0.1, 0.15) is 5.82 Å². The van der Waals surface area contributed by atoms with E-state index in [1.165, 1.54) is 0 Å². The van der Waals surface area contributed by atoms with E-state index in [0.29, 0.717) is 13.1 Å². The molecule has 0 fully saturated rings. The van der Waals surface area contributed by atoms with Gasteiger partial charge in [-0.2, -0.15) is 16.4 Å². The molecule has 1 N–H and O–H groups in total. The van der Waals surface area contributed by atoms with Crippen LogP contribution < -0.4 is 5.32 Å². The predicted octanol–water partition coefficient (Wildman–Crippen LogP) is 2.72. The van der Waals surface area contributed by atoms with Crippen LogP contribution in [-0.4, -0.2) is 38.7 Å². The standard InChI is InChI=1S/C18H19N5OS/c24-18(15-5-8-25-13-15)22-10-14(9-20-17-3-1-2-6-19-17)11-23-16(12-22)4-7-21-23/h1-8,13-14H,9-12H2,(H,19,20). The first-order chi connectivity index (χ1) is 12.3. The topological polar surface area (TPSA) is 63.1 Å². The van der Waals surface area contributed by atoms with Crippen LogP contribution in [0.3, 0.4) is 0 Å². The number of rotatable bonds is 4. The van der Waals surface area contributed by atoms with Crippen molar-refractivity contribution in [2.24, 2.45) is 5.92 Å². The van der Waals surface area contributed by atoms with E-state index in [-0.39, 0.29) is 11.8 Å². The molecule has 0 radical (unpaired) electrons. The summed E-state index contributed by atoms with van der Waals surface area (Å²) in [6.07, 6.45) is 3.57.